The fraction of sp³-hybridized carbons (Fsp3) is 0.591. The first-order chi connectivity index (χ1) is 15.1. The topological polar surface area (TPSA) is 102 Å². The van der Waals surface area contributed by atoms with E-state index in [2.05, 4.69) is 25.7 Å². The van der Waals surface area contributed by atoms with E-state index in [9.17, 15) is 9.59 Å². The summed E-state index contributed by atoms with van der Waals surface area (Å²) in [5, 5.41) is 14.9. The molecule has 1 amide bonds. The fourth-order valence-corrected chi connectivity index (χ4v) is 4.67. The van der Waals surface area contributed by atoms with Gasteiger partial charge in [-0.05, 0) is 47.4 Å². The molecular formula is C22H30N6O3. The van der Waals surface area contributed by atoms with Crippen molar-refractivity contribution in [2.45, 2.75) is 69.6 Å². The van der Waals surface area contributed by atoms with Crippen LogP contribution in [0.1, 0.15) is 66.9 Å². The van der Waals surface area contributed by atoms with Crippen molar-refractivity contribution in [3.8, 4) is 0 Å². The highest BCUT2D eigenvalue weighted by atomic mass is 16.5. The Morgan fingerprint density at radius 3 is 2.52 bits per heavy atom. The number of benzene rings is 1. The number of aromatic nitrogens is 4. The number of likely N-dealkylation sites (tertiary alicyclic amines) is 1. The molecule has 2 atom stereocenters. The quantitative estimate of drug-likeness (QED) is 0.557. The van der Waals surface area contributed by atoms with Crippen molar-refractivity contribution in [2.24, 2.45) is 0 Å². The number of ether oxygens (including phenoxy) is 1. The molecule has 1 aliphatic heterocycles. The van der Waals surface area contributed by atoms with Gasteiger partial charge in [0.25, 0.3) is 0 Å². The first-order valence-corrected chi connectivity index (χ1v) is 11.1. The standard InChI is InChI=1S/C22H30N6O3/c1-31-22(30)17-10-8-16(9-11-17)13-27-14-19(28-15-23-25-26-28)12-20(27)21(29)24-18-6-4-2-3-5-7-18/h8-11,15,18-20H,2-7,12-14H2,1H3,(H,24,29)/t19-,20+/m1/s1. The molecular weight excluding hydrogens is 396 g/mol. The summed E-state index contributed by atoms with van der Waals surface area (Å²) in [6.45, 7) is 1.30. The van der Waals surface area contributed by atoms with E-state index in [1.807, 2.05) is 12.1 Å². The summed E-state index contributed by atoms with van der Waals surface area (Å²) in [7, 11) is 1.37. The third kappa shape index (κ3) is 5.28. The lowest BCUT2D eigenvalue weighted by Gasteiger charge is -2.26. The van der Waals surface area contributed by atoms with Gasteiger partial charge in [0.15, 0.2) is 0 Å². The maximum Gasteiger partial charge on any atom is 0.337 e. The molecule has 0 radical (unpaired) electrons. The number of esters is 1. The van der Waals surface area contributed by atoms with E-state index in [0.29, 0.717) is 25.1 Å². The number of rotatable bonds is 6. The molecule has 0 unspecified atom stereocenters. The Bertz CT molecular complexity index is 862. The fourth-order valence-electron chi connectivity index (χ4n) is 4.67. The van der Waals surface area contributed by atoms with E-state index in [0.717, 1.165) is 18.4 Å². The van der Waals surface area contributed by atoms with Crippen molar-refractivity contribution >= 4 is 11.9 Å². The average molecular weight is 427 g/mol. The van der Waals surface area contributed by atoms with Crippen LogP contribution in [0.2, 0.25) is 0 Å². The van der Waals surface area contributed by atoms with Crippen LogP contribution in [0, 0.1) is 0 Å². The van der Waals surface area contributed by atoms with E-state index in [-0.39, 0.29) is 30.0 Å². The van der Waals surface area contributed by atoms with Gasteiger partial charge in [0, 0.05) is 19.1 Å². The molecule has 1 saturated heterocycles. The van der Waals surface area contributed by atoms with Crippen molar-refractivity contribution in [3.63, 3.8) is 0 Å². The molecule has 1 saturated carbocycles. The van der Waals surface area contributed by atoms with Crippen LogP contribution in [-0.2, 0) is 16.1 Å². The molecule has 9 nitrogen and oxygen atoms in total. The van der Waals surface area contributed by atoms with Gasteiger partial charge in [0.05, 0.1) is 24.8 Å². The van der Waals surface area contributed by atoms with Crippen LogP contribution in [0.25, 0.3) is 0 Å². The lowest BCUT2D eigenvalue weighted by molar-refractivity contribution is -0.126. The van der Waals surface area contributed by atoms with Gasteiger partial charge in [0.2, 0.25) is 5.91 Å². The third-order valence-electron chi connectivity index (χ3n) is 6.39. The highest BCUT2D eigenvalue weighted by Crippen LogP contribution is 2.29. The van der Waals surface area contributed by atoms with Gasteiger partial charge in [-0.15, -0.1) is 5.10 Å². The molecule has 2 fully saturated rings. The van der Waals surface area contributed by atoms with Gasteiger partial charge in [-0.2, -0.15) is 0 Å². The number of nitrogens with one attached hydrogen (secondary N) is 1. The Morgan fingerprint density at radius 2 is 1.87 bits per heavy atom. The summed E-state index contributed by atoms with van der Waals surface area (Å²) in [6, 6.07) is 7.43. The molecule has 2 aromatic rings. The molecule has 0 spiro atoms. The Labute approximate surface area is 182 Å². The number of tetrazole rings is 1. The summed E-state index contributed by atoms with van der Waals surface area (Å²) in [5.41, 5.74) is 1.55. The first-order valence-electron chi connectivity index (χ1n) is 11.1. The van der Waals surface area contributed by atoms with Crippen LogP contribution < -0.4 is 5.32 Å². The molecule has 31 heavy (non-hydrogen) atoms. The SMILES string of the molecule is COC(=O)c1ccc(CN2C[C@H](n3cnnn3)C[C@H]2C(=O)NC2CCCCCC2)cc1. The summed E-state index contributed by atoms with van der Waals surface area (Å²) in [6.07, 6.45) is 9.27. The Hall–Kier alpha value is -2.81. The summed E-state index contributed by atoms with van der Waals surface area (Å²) >= 11 is 0. The van der Waals surface area contributed by atoms with Crippen molar-refractivity contribution in [1.82, 2.24) is 30.4 Å². The van der Waals surface area contributed by atoms with Crippen LogP contribution in [0.4, 0.5) is 0 Å². The summed E-state index contributed by atoms with van der Waals surface area (Å²) in [5.74, 6) is -0.263. The van der Waals surface area contributed by atoms with Gasteiger partial charge in [-0.1, -0.05) is 37.8 Å². The molecule has 9 heteroatoms. The number of nitrogens with zero attached hydrogens (tertiary/aromatic N) is 5. The maximum atomic E-state index is 13.2. The summed E-state index contributed by atoms with van der Waals surface area (Å²) in [4.78, 5) is 27.1. The van der Waals surface area contributed by atoms with Crippen molar-refractivity contribution < 1.29 is 14.3 Å². The lowest BCUT2D eigenvalue weighted by atomic mass is 10.1. The first kappa shape index (κ1) is 21.4. The predicted molar refractivity (Wildman–Crippen MR) is 113 cm³/mol. The monoisotopic (exact) mass is 426 g/mol. The minimum atomic E-state index is -0.355. The Morgan fingerprint density at radius 1 is 1.13 bits per heavy atom. The highest BCUT2D eigenvalue weighted by molar-refractivity contribution is 5.89. The van der Waals surface area contributed by atoms with Crippen LogP contribution in [0.5, 0.6) is 0 Å². The molecule has 4 rings (SSSR count). The number of hydrogen-bond acceptors (Lipinski definition) is 7. The van der Waals surface area contributed by atoms with E-state index < -0.39 is 0 Å². The van der Waals surface area contributed by atoms with Gasteiger partial charge >= 0.3 is 5.97 Å². The van der Waals surface area contributed by atoms with Crippen molar-refractivity contribution in [1.29, 1.82) is 0 Å². The van der Waals surface area contributed by atoms with Gasteiger partial charge in [0.1, 0.15) is 6.33 Å². The van der Waals surface area contributed by atoms with Crippen LogP contribution >= 0.6 is 0 Å². The minimum Gasteiger partial charge on any atom is -0.465 e. The predicted octanol–water partition coefficient (Wildman–Crippen LogP) is 2.11. The van der Waals surface area contributed by atoms with Crippen molar-refractivity contribution in [2.75, 3.05) is 13.7 Å². The second-order valence-electron chi connectivity index (χ2n) is 8.51. The number of amides is 1. The molecule has 1 aromatic heterocycles. The molecule has 166 valence electrons. The Balaban J connectivity index is 1.47. The smallest absolute Gasteiger partial charge is 0.337 e. The average Bonchev–Trinajstić information content (AvgIpc) is 3.39. The zero-order chi connectivity index (χ0) is 21.6. The van der Waals surface area contributed by atoms with Gasteiger partial charge in [-0.25, -0.2) is 9.48 Å². The number of hydrogen-bond donors (Lipinski definition) is 1. The minimum absolute atomic E-state index is 0.0502. The van der Waals surface area contributed by atoms with Crippen LogP contribution in [-0.4, -0.2) is 62.7 Å². The zero-order valence-corrected chi connectivity index (χ0v) is 17.9. The van der Waals surface area contributed by atoms with Gasteiger partial charge < -0.3 is 10.1 Å². The number of carbonyl (C=O) groups excluding carboxylic acids is 2. The maximum absolute atomic E-state index is 13.2. The molecule has 1 N–H and O–H groups in total. The van der Waals surface area contributed by atoms with E-state index >= 15 is 0 Å². The molecule has 1 aliphatic carbocycles. The number of methoxy groups -OCH3 is 1. The molecule has 0 bridgehead atoms. The third-order valence-corrected chi connectivity index (χ3v) is 6.39. The Kier molecular flexibility index (Phi) is 6.91. The van der Waals surface area contributed by atoms with E-state index in [1.165, 1.54) is 32.8 Å². The van der Waals surface area contributed by atoms with E-state index in [4.69, 9.17) is 4.74 Å². The van der Waals surface area contributed by atoms with Crippen molar-refractivity contribution in [3.05, 3.63) is 41.7 Å². The lowest BCUT2D eigenvalue weighted by Crippen LogP contribution is -2.46. The normalized spacial score (nSPS) is 22.7. The zero-order valence-electron chi connectivity index (χ0n) is 17.9. The second kappa shape index (κ2) is 10.00. The van der Waals surface area contributed by atoms with Crippen LogP contribution in [0.3, 0.4) is 0 Å². The molecule has 1 aromatic carbocycles. The molecule has 2 aliphatic rings. The number of carbonyl (C=O) groups is 2. The second-order valence-corrected chi connectivity index (χ2v) is 8.51. The largest absolute Gasteiger partial charge is 0.465 e. The highest BCUT2D eigenvalue weighted by Gasteiger charge is 2.38. The van der Waals surface area contributed by atoms with Crippen LogP contribution in [0.15, 0.2) is 30.6 Å². The molecule has 2 heterocycles. The summed E-state index contributed by atoms with van der Waals surface area (Å²) < 4.78 is 6.51. The van der Waals surface area contributed by atoms with Gasteiger partial charge in [-0.3, -0.25) is 9.69 Å². The van der Waals surface area contributed by atoms with E-state index in [1.54, 1.807) is 23.1 Å².